The van der Waals surface area contributed by atoms with Crippen LogP contribution in [0.25, 0.3) is 10.9 Å². The molecular weight excluding hydrogens is 269 g/mol. The van der Waals surface area contributed by atoms with Gasteiger partial charge in [0.15, 0.2) is 0 Å². The van der Waals surface area contributed by atoms with Gasteiger partial charge in [0.05, 0.1) is 5.52 Å². The van der Waals surface area contributed by atoms with E-state index >= 15 is 0 Å². The van der Waals surface area contributed by atoms with Gasteiger partial charge in [0.2, 0.25) is 0 Å². The van der Waals surface area contributed by atoms with Gasteiger partial charge in [-0.15, -0.1) is 0 Å². The fourth-order valence-electron chi connectivity index (χ4n) is 2.54. The van der Waals surface area contributed by atoms with Crippen molar-refractivity contribution in [3.8, 4) is 11.8 Å². The van der Waals surface area contributed by atoms with Crippen LogP contribution < -0.4 is 0 Å². The Morgan fingerprint density at radius 3 is 2.57 bits per heavy atom. The molecule has 21 heavy (non-hydrogen) atoms. The monoisotopic (exact) mass is 287 g/mol. The number of benzene rings is 1. The Morgan fingerprint density at radius 2 is 2.05 bits per heavy atom. The van der Waals surface area contributed by atoms with E-state index in [9.17, 15) is 14.3 Å². The molecule has 110 valence electrons. The molecule has 0 amide bonds. The molecule has 0 saturated carbocycles. The number of nitrogens with zero attached hydrogens (tertiary/aromatic N) is 1. The maximum absolute atomic E-state index is 14.2. The normalized spacial score (nSPS) is 11.3. The summed E-state index contributed by atoms with van der Waals surface area (Å²) in [4.78, 5) is 11.6. The highest BCUT2D eigenvalue weighted by Gasteiger charge is 2.29. The Hall–Kier alpha value is -2.28. The molecule has 0 aliphatic rings. The molecule has 3 nitrogen and oxygen atoms in total. The second kappa shape index (κ2) is 5.25. The fourth-order valence-corrected chi connectivity index (χ4v) is 2.54. The molecule has 0 fully saturated rings. The topological polar surface area (TPSA) is 42.2 Å². The molecule has 1 N–H and O–H groups in total. The van der Waals surface area contributed by atoms with E-state index in [4.69, 9.17) is 0 Å². The first-order valence-corrected chi connectivity index (χ1v) is 6.84. The van der Waals surface area contributed by atoms with Gasteiger partial charge in [0.1, 0.15) is 11.5 Å². The predicted molar refractivity (Wildman–Crippen MR) is 81.2 cm³/mol. The lowest BCUT2D eigenvalue weighted by Gasteiger charge is -2.19. The van der Waals surface area contributed by atoms with Crippen LogP contribution in [-0.4, -0.2) is 15.8 Å². The first-order chi connectivity index (χ1) is 9.79. The van der Waals surface area contributed by atoms with Crippen LogP contribution in [0.5, 0.6) is 0 Å². The van der Waals surface area contributed by atoms with Gasteiger partial charge in [-0.05, 0) is 23.0 Å². The van der Waals surface area contributed by atoms with Gasteiger partial charge in [-0.3, -0.25) is 0 Å². The molecule has 0 radical (unpaired) electrons. The van der Waals surface area contributed by atoms with E-state index in [0.29, 0.717) is 17.5 Å². The number of fused-ring (bicyclic) bond motifs is 1. The predicted octanol–water partition coefficient (Wildman–Crippen LogP) is 4.37. The zero-order valence-electron chi connectivity index (χ0n) is 12.6. The quantitative estimate of drug-likeness (QED) is 0.731. The van der Waals surface area contributed by atoms with Crippen molar-refractivity contribution in [1.29, 1.82) is 0 Å². The van der Waals surface area contributed by atoms with Crippen LogP contribution >= 0.6 is 0 Å². The number of para-hydroxylation sites is 1. The summed E-state index contributed by atoms with van der Waals surface area (Å²) in [5.41, 5.74) is 0.859. The molecule has 0 spiro atoms. The van der Waals surface area contributed by atoms with Crippen molar-refractivity contribution in [2.75, 3.05) is 0 Å². The van der Waals surface area contributed by atoms with Crippen molar-refractivity contribution < 1.29 is 14.3 Å². The van der Waals surface area contributed by atoms with Crippen LogP contribution in [0.1, 0.15) is 45.4 Å². The van der Waals surface area contributed by atoms with Crippen molar-refractivity contribution in [3.05, 3.63) is 35.3 Å². The minimum absolute atomic E-state index is 0.0790. The lowest BCUT2D eigenvalue weighted by Crippen LogP contribution is -2.16. The zero-order valence-corrected chi connectivity index (χ0v) is 12.6. The maximum Gasteiger partial charge on any atom is 0.417 e. The molecule has 0 saturated heterocycles. The van der Waals surface area contributed by atoms with Crippen molar-refractivity contribution in [2.24, 2.45) is 0 Å². The van der Waals surface area contributed by atoms with E-state index < -0.39 is 11.9 Å². The van der Waals surface area contributed by atoms with E-state index in [0.717, 1.165) is 10.1 Å². The minimum atomic E-state index is -1.22. The number of hydrogen-bond acceptors (Lipinski definition) is 1. The fraction of sp³-hybridized carbons (Fsp3) is 0.353. The summed E-state index contributed by atoms with van der Waals surface area (Å²) < 4.78 is 15.1. The summed E-state index contributed by atoms with van der Waals surface area (Å²) in [5.74, 6) is 5.25. The van der Waals surface area contributed by atoms with Crippen molar-refractivity contribution in [3.63, 3.8) is 0 Å². The molecular formula is C17H18FNO2. The third-order valence-electron chi connectivity index (χ3n) is 3.26. The van der Waals surface area contributed by atoms with E-state index in [1.165, 1.54) is 6.07 Å². The molecule has 1 heterocycles. The zero-order chi connectivity index (χ0) is 15.8. The van der Waals surface area contributed by atoms with Crippen molar-refractivity contribution in [2.45, 2.75) is 39.5 Å². The standard InChI is InChI=1S/C17H18FNO2/c1-5-6-10-13-14(17(2,3)4)11-8-7-9-12(18)15(11)19(13)16(20)21/h7-9H,5H2,1-4H3,(H,20,21). The van der Waals surface area contributed by atoms with Crippen LogP contribution in [0.3, 0.4) is 0 Å². The number of aromatic nitrogens is 1. The SMILES string of the molecule is CCC#Cc1c(C(C)(C)C)c2cccc(F)c2n1C(=O)O. The maximum atomic E-state index is 14.2. The highest BCUT2D eigenvalue weighted by molar-refractivity contribution is 5.95. The van der Waals surface area contributed by atoms with Crippen LogP contribution in [0.15, 0.2) is 18.2 Å². The summed E-state index contributed by atoms with van der Waals surface area (Å²) in [5, 5.41) is 10.1. The average molecular weight is 287 g/mol. The molecule has 0 aliphatic carbocycles. The molecule has 4 heteroatoms. The number of carbonyl (C=O) groups is 1. The number of carboxylic acid groups (broad SMARTS) is 1. The Morgan fingerprint density at radius 1 is 1.38 bits per heavy atom. The van der Waals surface area contributed by atoms with Gasteiger partial charge in [-0.1, -0.05) is 45.7 Å². The van der Waals surface area contributed by atoms with Gasteiger partial charge in [0.25, 0.3) is 0 Å². The molecule has 1 aromatic carbocycles. The molecule has 1 aromatic heterocycles. The number of hydrogen-bond donors (Lipinski definition) is 1. The second-order valence-corrected chi connectivity index (χ2v) is 5.88. The third kappa shape index (κ3) is 2.52. The molecule has 2 aromatic rings. The largest absolute Gasteiger partial charge is 0.464 e. The summed E-state index contributed by atoms with van der Waals surface area (Å²) in [6.45, 7) is 7.79. The molecule has 0 bridgehead atoms. The third-order valence-corrected chi connectivity index (χ3v) is 3.26. The van der Waals surface area contributed by atoms with Crippen molar-refractivity contribution >= 4 is 17.0 Å². The average Bonchev–Trinajstić information content (AvgIpc) is 2.71. The Balaban J connectivity index is 3.05. The van der Waals surface area contributed by atoms with Gasteiger partial charge in [-0.2, -0.15) is 0 Å². The van der Waals surface area contributed by atoms with Gasteiger partial charge >= 0.3 is 6.09 Å². The van der Waals surface area contributed by atoms with Crippen molar-refractivity contribution in [1.82, 2.24) is 4.57 Å². The second-order valence-electron chi connectivity index (χ2n) is 5.88. The van der Waals surface area contributed by atoms with Crippen LogP contribution in [0, 0.1) is 17.7 Å². The lowest BCUT2D eigenvalue weighted by molar-refractivity contribution is 0.197. The van der Waals surface area contributed by atoms with E-state index in [1.54, 1.807) is 12.1 Å². The van der Waals surface area contributed by atoms with E-state index in [1.807, 2.05) is 27.7 Å². The van der Waals surface area contributed by atoms with Gasteiger partial charge in [-0.25, -0.2) is 13.8 Å². The Kier molecular flexibility index (Phi) is 3.78. The first kappa shape index (κ1) is 15.1. The molecule has 0 atom stereocenters. The summed E-state index contributed by atoms with van der Waals surface area (Å²) >= 11 is 0. The van der Waals surface area contributed by atoms with E-state index in [2.05, 4.69) is 11.8 Å². The number of rotatable bonds is 0. The minimum Gasteiger partial charge on any atom is -0.464 e. The van der Waals surface area contributed by atoms with Crippen LogP contribution in [0.4, 0.5) is 9.18 Å². The lowest BCUT2D eigenvalue weighted by atomic mass is 9.84. The summed E-state index contributed by atoms with van der Waals surface area (Å²) in [6.07, 6.45) is -0.617. The number of halogens is 1. The molecule has 2 rings (SSSR count). The van der Waals surface area contributed by atoms with E-state index in [-0.39, 0.29) is 10.9 Å². The molecule has 0 aliphatic heterocycles. The first-order valence-electron chi connectivity index (χ1n) is 6.84. The summed E-state index contributed by atoms with van der Waals surface area (Å²) in [6, 6.07) is 4.61. The Labute approximate surface area is 123 Å². The van der Waals surface area contributed by atoms with Crippen LogP contribution in [-0.2, 0) is 5.41 Å². The highest BCUT2D eigenvalue weighted by atomic mass is 19.1. The smallest absolute Gasteiger partial charge is 0.417 e. The van der Waals surface area contributed by atoms with Gasteiger partial charge < -0.3 is 5.11 Å². The Bertz CT molecular complexity index is 770. The van der Waals surface area contributed by atoms with Crippen LogP contribution in [0.2, 0.25) is 0 Å². The highest BCUT2D eigenvalue weighted by Crippen LogP contribution is 2.36. The molecule has 0 unspecified atom stereocenters. The summed E-state index contributed by atoms with van der Waals surface area (Å²) in [7, 11) is 0. The van der Waals surface area contributed by atoms with Gasteiger partial charge in [0, 0.05) is 11.8 Å².